The number of aromatic nitrogens is 6. The number of hydrogen-bond acceptors (Lipinski definition) is 27. The number of Topliss-reactive ketones (excluding diaryl/α,β-unsaturated/α-hetero) is 1. The van der Waals surface area contributed by atoms with Crippen LogP contribution in [-0.4, -0.2) is 245 Å². The van der Waals surface area contributed by atoms with Crippen LogP contribution >= 0.6 is 56.2 Å². The summed E-state index contributed by atoms with van der Waals surface area (Å²) in [6.45, 7) is 21.9. The second kappa shape index (κ2) is 38.2. The van der Waals surface area contributed by atoms with Gasteiger partial charge in [0, 0.05) is 122 Å². The zero-order chi connectivity index (χ0) is 82.9. The molecule has 5 aromatic carbocycles. The average molecular weight is 1710 g/mol. The molecule has 1 saturated carbocycles. The number of halogens is 3. The molecule has 8 aromatic rings. The van der Waals surface area contributed by atoms with E-state index in [2.05, 4.69) is 130 Å². The second-order valence-corrected chi connectivity index (χ2v) is 42.4. The lowest BCUT2D eigenvalue weighted by Gasteiger charge is -2.43. The Labute approximate surface area is 700 Å². The van der Waals surface area contributed by atoms with Gasteiger partial charge in [-0.15, -0.1) is 0 Å². The molecule has 15 rings (SSSR count). The van der Waals surface area contributed by atoms with Gasteiger partial charge in [0.1, 0.15) is 53.7 Å². The number of amides is 1. The number of carbonyl (C=O) groups is 2. The summed E-state index contributed by atoms with van der Waals surface area (Å²) in [5, 5.41) is 22.7. The van der Waals surface area contributed by atoms with Gasteiger partial charge in [-0.1, -0.05) is 59.1 Å². The highest BCUT2D eigenvalue weighted by molar-refractivity contribution is 7.71. The Morgan fingerprint density at radius 1 is 0.530 bits per heavy atom. The minimum absolute atomic E-state index is 0.0786. The van der Waals surface area contributed by atoms with Crippen LogP contribution in [0.3, 0.4) is 0 Å². The Morgan fingerprint density at radius 2 is 1.00 bits per heavy atom. The van der Waals surface area contributed by atoms with Crippen molar-refractivity contribution in [1.82, 2.24) is 49.5 Å². The number of ether oxygens (including phenoxy) is 4. The highest BCUT2D eigenvalue weighted by Gasteiger charge is 2.48. The number of primary amides is 1. The van der Waals surface area contributed by atoms with Crippen LogP contribution in [0.4, 0.5) is 75.1 Å². The van der Waals surface area contributed by atoms with Gasteiger partial charge in [-0.3, -0.25) is 19.4 Å². The van der Waals surface area contributed by atoms with E-state index in [9.17, 15) is 23.3 Å². The first-order chi connectivity index (χ1) is 56.1. The Morgan fingerprint density at radius 3 is 1.54 bits per heavy atom. The number of hydrogen-bond donors (Lipinski definition) is 7. The molecule has 28 nitrogen and oxygen atoms in total. The molecular formula is C83H107Cl3N19O9P3. The molecule has 5 saturated heterocycles. The number of nitrogens with two attached hydrogens (primary N) is 1. The van der Waals surface area contributed by atoms with Crippen molar-refractivity contribution in [1.29, 1.82) is 0 Å². The molecule has 624 valence electrons. The van der Waals surface area contributed by atoms with Gasteiger partial charge in [0.2, 0.25) is 23.8 Å². The molecule has 0 spiro atoms. The minimum Gasteiger partial charge on any atom is -0.495 e. The number of para-hydroxylation sites is 1. The highest BCUT2D eigenvalue weighted by atomic mass is 35.5. The molecule has 4 unspecified atom stereocenters. The average Bonchev–Trinajstić information content (AvgIpc) is 1.54. The van der Waals surface area contributed by atoms with Crippen molar-refractivity contribution >= 4 is 159 Å². The van der Waals surface area contributed by atoms with Crippen molar-refractivity contribution in [3.63, 3.8) is 0 Å². The van der Waals surface area contributed by atoms with E-state index in [1.165, 1.54) is 58.1 Å². The van der Waals surface area contributed by atoms with Crippen LogP contribution in [0, 0.1) is 17.8 Å². The molecular weight excluding hydrogens is 1610 g/mol. The van der Waals surface area contributed by atoms with E-state index in [4.69, 9.17) is 59.5 Å². The normalized spacial score (nSPS) is 20.1. The van der Waals surface area contributed by atoms with E-state index in [1.807, 2.05) is 66.7 Å². The quantitative estimate of drug-likeness (QED) is 0.0168. The number of fused-ring (bicyclic) bond motifs is 2. The Bertz CT molecular complexity index is 5040. The van der Waals surface area contributed by atoms with E-state index in [0.717, 1.165) is 99.5 Å². The molecule has 8 heterocycles. The third-order valence-corrected chi connectivity index (χ3v) is 30.0. The summed E-state index contributed by atoms with van der Waals surface area (Å²) < 4.78 is 61.6. The van der Waals surface area contributed by atoms with Crippen molar-refractivity contribution in [2.45, 2.75) is 57.2 Å². The summed E-state index contributed by atoms with van der Waals surface area (Å²) >= 11 is 19.3. The number of carbonyl (C=O) groups excluding carboxylic acids is 2. The Balaban J connectivity index is 0.000000153. The molecule has 117 heavy (non-hydrogen) atoms. The van der Waals surface area contributed by atoms with E-state index in [-0.39, 0.29) is 41.4 Å². The van der Waals surface area contributed by atoms with Gasteiger partial charge < -0.3 is 89.9 Å². The maximum atomic E-state index is 14.0. The molecule has 7 aliphatic rings. The molecule has 3 aromatic heterocycles. The first kappa shape index (κ1) is 86.2. The Kier molecular flexibility index (Phi) is 28.1. The number of piperidine rings is 2. The van der Waals surface area contributed by atoms with Crippen LogP contribution in [0.25, 0.3) is 0 Å². The van der Waals surface area contributed by atoms with Crippen LogP contribution in [0.15, 0.2) is 128 Å². The maximum Gasteiger partial charge on any atom is 0.229 e. The zero-order valence-corrected chi connectivity index (χ0v) is 73.0. The number of allylic oxidation sites excluding steroid dienone is 1. The fraction of sp³-hybridized carbons (Fsp3) is 0.446. The van der Waals surface area contributed by atoms with Gasteiger partial charge in [0.25, 0.3) is 0 Å². The second-order valence-electron chi connectivity index (χ2n) is 31.6. The summed E-state index contributed by atoms with van der Waals surface area (Å²) in [5.74, 6) is 3.64. The summed E-state index contributed by atoms with van der Waals surface area (Å²) in [6, 6.07) is 31.5. The van der Waals surface area contributed by atoms with Gasteiger partial charge >= 0.3 is 0 Å². The van der Waals surface area contributed by atoms with E-state index in [0.29, 0.717) is 133 Å². The zero-order valence-electron chi connectivity index (χ0n) is 68.0. The third-order valence-electron chi connectivity index (χ3n) is 23.0. The van der Waals surface area contributed by atoms with Crippen molar-refractivity contribution in [3.8, 4) is 17.2 Å². The van der Waals surface area contributed by atoms with Gasteiger partial charge in [-0.05, 0) is 197 Å². The Hall–Kier alpha value is -8.62. The fourth-order valence-electron chi connectivity index (χ4n) is 16.4. The monoisotopic (exact) mass is 1710 g/mol. The molecule has 34 heteroatoms. The van der Waals surface area contributed by atoms with Crippen molar-refractivity contribution in [3.05, 3.63) is 148 Å². The summed E-state index contributed by atoms with van der Waals surface area (Å²) in [6.07, 6.45) is 15.9. The van der Waals surface area contributed by atoms with Gasteiger partial charge in [0.15, 0.2) is 23.2 Å². The standard InChI is InChI=1S/C29H39ClN7O3P.C29H39ClN7O2P.C25H29ClN5O4P/c1-36-9-7-20(8-10-36)37-11-13-41(39,14-12-37)21-5-6-23(24(16-21)40-2)33-29-32-17-22(30)28(35-29)34-26-19-4-3-18(15-19)25(26)27(31)38;1-35-13-11-21(12-14-35)36-15-17-37(18-16-36)22-9-10-24(26(19-22)39-2)33-29-31-20-23(30)28(34-29)32-25-7-5-6-8-27(25)40(3,4)38;1-16(32)19-13-17(31-9-11-35-12-10-31)5-7-21(19)28-24-20(26)15-27-25(30-24)29-22-8-6-18(36(3,4)33)14-23(22)34-2/h3-6,16-20,25-26H,7-15H2,1-2H3,(H2,31,38)(H2,32,33,34,35);5-10,19-21H,11-18H2,1-4H3,(H2,31,32,33,34);5-8,13-15H,9-12H2,1-4H3,(H2,27,28,29,30). The number of morpholine rings is 1. The number of likely N-dealkylation sites (tertiary alicyclic amines) is 2. The number of anilines is 13. The van der Waals surface area contributed by atoms with Gasteiger partial charge in [0.05, 0.1) is 87.5 Å². The lowest BCUT2D eigenvalue weighted by atomic mass is 9.88. The van der Waals surface area contributed by atoms with E-state index in [1.54, 1.807) is 72.4 Å². The van der Waals surface area contributed by atoms with Crippen molar-refractivity contribution in [2.24, 2.45) is 23.5 Å². The number of ketones is 1. The van der Waals surface area contributed by atoms with Crippen LogP contribution in [0.1, 0.15) is 49.4 Å². The third kappa shape index (κ3) is 21.3. The molecule has 8 N–H and O–H groups in total. The molecule has 2 aliphatic carbocycles. The van der Waals surface area contributed by atoms with Crippen LogP contribution in [0.5, 0.6) is 17.2 Å². The smallest absolute Gasteiger partial charge is 0.229 e. The first-order valence-corrected chi connectivity index (χ1v) is 48.1. The number of rotatable bonds is 24. The number of nitrogens with one attached hydrogen (secondary N) is 6. The molecule has 1 amide bonds. The lowest BCUT2D eigenvalue weighted by molar-refractivity contribution is -0.122. The summed E-state index contributed by atoms with van der Waals surface area (Å²) in [7, 11) is 1.74. The lowest BCUT2D eigenvalue weighted by Crippen LogP contribution is -2.53. The maximum absolute atomic E-state index is 14.0. The van der Waals surface area contributed by atoms with Crippen molar-refractivity contribution < 1.29 is 42.2 Å². The number of methoxy groups -OCH3 is 3. The molecule has 4 atom stereocenters. The number of benzene rings is 5. The van der Waals surface area contributed by atoms with Crippen LogP contribution < -0.4 is 77.6 Å². The SMILES string of the molecule is COc1cc(N2CCN(C3CCN(C)CC3)CC2)ccc1Nc1ncc(Cl)c(Nc2ccccc2P(C)(C)=O)n1.COc1cc(P(C)(C)=O)ccc1Nc1ncc(Cl)c(Nc2ccc(N3CCOCC3)cc2C(C)=O)n1.COc1cc(P2(=O)CCN(C3CCN(C)CC3)CC2)ccc1Nc1ncc(Cl)c(NC2C3C=CC(C3)C2C(N)=O)n1. The topological polar surface area (TPSA) is 317 Å². The van der Waals surface area contributed by atoms with Crippen LogP contribution in [0.2, 0.25) is 15.1 Å². The highest BCUT2D eigenvalue weighted by Crippen LogP contribution is 2.50. The van der Waals surface area contributed by atoms with Crippen LogP contribution in [-0.2, 0) is 23.2 Å². The number of piperazine rings is 1. The molecule has 6 fully saturated rings. The minimum atomic E-state index is -2.52. The molecule has 5 aliphatic heterocycles. The number of nitrogens with zero attached hydrogens (tertiary/aromatic N) is 12. The molecule has 2 bridgehead atoms. The first-order valence-electron chi connectivity index (χ1n) is 39.7. The summed E-state index contributed by atoms with van der Waals surface area (Å²) in [5.41, 5.74) is 11.7. The van der Waals surface area contributed by atoms with Crippen molar-refractivity contribution in [2.75, 3.05) is 208 Å². The predicted molar refractivity (Wildman–Crippen MR) is 475 cm³/mol. The van der Waals surface area contributed by atoms with E-state index >= 15 is 0 Å². The summed E-state index contributed by atoms with van der Waals surface area (Å²) in [4.78, 5) is 65.9. The predicted octanol–water partition coefficient (Wildman–Crippen LogP) is 13.4. The van der Waals surface area contributed by atoms with Gasteiger partial charge in [-0.25, -0.2) is 15.0 Å². The van der Waals surface area contributed by atoms with Gasteiger partial charge in [-0.2, -0.15) is 15.0 Å². The largest absolute Gasteiger partial charge is 0.495 e. The van der Waals surface area contributed by atoms with E-state index < -0.39 is 21.4 Å². The molecule has 0 radical (unpaired) electrons. The fourth-order valence-corrected chi connectivity index (χ4v) is 21.4.